The molecule has 0 bridgehead atoms. The molecule has 2 unspecified atom stereocenters. The minimum Gasteiger partial charge on any atom is -0.299 e. The molecule has 80 valence electrons. The molecule has 0 aromatic carbocycles. The van der Waals surface area contributed by atoms with E-state index in [4.69, 9.17) is 0 Å². The predicted octanol–water partition coefficient (Wildman–Crippen LogP) is 3.74. The van der Waals surface area contributed by atoms with E-state index in [0.717, 1.165) is 19.3 Å². The van der Waals surface area contributed by atoms with Gasteiger partial charge in [-0.2, -0.15) is 0 Å². The van der Waals surface area contributed by atoms with E-state index in [2.05, 4.69) is 26.0 Å². The molecule has 1 rings (SSSR count). The Labute approximate surface area is 87.6 Å². The molecule has 1 nitrogen and oxygen atoms in total. The average Bonchev–Trinajstić information content (AvgIpc) is 2.27. The first-order valence-electron chi connectivity index (χ1n) is 5.88. The molecule has 14 heavy (non-hydrogen) atoms. The van der Waals surface area contributed by atoms with Crippen LogP contribution in [0.15, 0.2) is 12.2 Å². The highest BCUT2D eigenvalue weighted by molar-refractivity contribution is 5.87. The molecular weight excluding hydrogens is 172 g/mol. The maximum absolute atomic E-state index is 12.0. The SMILES string of the molecule is CCC(=O)C1(C(C)CC)C=CCCC1. The Hall–Kier alpha value is -0.590. The van der Waals surface area contributed by atoms with Gasteiger partial charge in [-0.3, -0.25) is 4.79 Å². The van der Waals surface area contributed by atoms with Crippen molar-refractivity contribution in [1.82, 2.24) is 0 Å². The molecule has 0 N–H and O–H groups in total. The number of Topliss-reactive ketones (excluding diaryl/α,β-unsaturated/α-hetero) is 1. The number of hydrogen-bond acceptors (Lipinski definition) is 1. The quantitative estimate of drug-likeness (QED) is 0.623. The van der Waals surface area contributed by atoms with Crippen molar-refractivity contribution in [2.75, 3.05) is 0 Å². The Morgan fingerprint density at radius 1 is 1.50 bits per heavy atom. The second-order valence-electron chi connectivity index (χ2n) is 4.42. The topological polar surface area (TPSA) is 17.1 Å². The zero-order valence-electron chi connectivity index (χ0n) is 9.68. The fraction of sp³-hybridized carbons (Fsp3) is 0.769. The molecule has 0 radical (unpaired) electrons. The molecule has 0 aliphatic heterocycles. The largest absolute Gasteiger partial charge is 0.299 e. The maximum atomic E-state index is 12.0. The molecule has 0 aromatic heterocycles. The van der Waals surface area contributed by atoms with E-state index < -0.39 is 0 Å². The summed E-state index contributed by atoms with van der Waals surface area (Å²) in [5.41, 5.74) is -0.123. The molecule has 0 amide bonds. The highest BCUT2D eigenvalue weighted by Crippen LogP contribution is 2.41. The van der Waals surface area contributed by atoms with Gasteiger partial charge >= 0.3 is 0 Å². The van der Waals surface area contributed by atoms with Crippen LogP contribution in [0.3, 0.4) is 0 Å². The van der Waals surface area contributed by atoms with Gasteiger partial charge < -0.3 is 0 Å². The molecule has 0 fully saturated rings. The molecule has 0 spiro atoms. The maximum Gasteiger partial charge on any atom is 0.142 e. The molecule has 0 heterocycles. The van der Waals surface area contributed by atoms with E-state index >= 15 is 0 Å². The summed E-state index contributed by atoms with van der Waals surface area (Å²) in [6.45, 7) is 6.37. The summed E-state index contributed by atoms with van der Waals surface area (Å²) >= 11 is 0. The van der Waals surface area contributed by atoms with Gasteiger partial charge in [-0.1, -0.05) is 39.3 Å². The van der Waals surface area contributed by atoms with Crippen LogP contribution in [0.5, 0.6) is 0 Å². The van der Waals surface area contributed by atoms with Gasteiger partial charge in [-0.25, -0.2) is 0 Å². The molecule has 0 saturated carbocycles. The third kappa shape index (κ3) is 1.92. The summed E-state index contributed by atoms with van der Waals surface area (Å²) in [4.78, 5) is 12.0. The van der Waals surface area contributed by atoms with Crippen LogP contribution in [0.4, 0.5) is 0 Å². The monoisotopic (exact) mass is 194 g/mol. The van der Waals surface area contributed by atoms with E-state index in [9.17, 15) is 4.79 Å². The number of rotatable bonds is 4. The van der Waals surface area contributed by atoms with Crippen LogP contribution in [0.2, 0.25) is 0 Å². The summed E-state index contributed by atoms with van der Waals surface area (Å²) in [7, 11) is 0. The zero-order valence-corrected chi connectivity index (χ0v) is 9.68. The molecule has 1 aliphatic carbocycles. The first kappa shape index (κ1) is 11.5. The minimum absolute atomic E-state index is 0.123. The average molecular weight is 194 g/mol. The fourth-order valence-corrected chi connectivity index (χ4v) is 2.50. The Bertz CT molecular complexity index is 229. The van der Waals surface area contributed by atoms with Crippen LogP contribution in [0.25, 0.3) is 0 Å². The minimum atomic E-state index is -0.123. The molecular formula is C13H22O. The predicted molar refractivity (Wildman–Crippen MR) is 60.2 cm³/mol. The third-order valence-electron chi connectivity index (χ3n) is 3.71. The van der Waals surface area contributed by atoms with Gasteiger partial charge in [0.1, 0.15) is 5.78 Å². The van der Waals surface area contributed by atoms with Gasteiger partial charge in [0.2, 0.25) is 0 Å². The lowest BCUT2D eigenvalue weighted by Gasteiger charge is -2.37. The standard InChI is InChI=1S/C13H22O/c1-4-11(3)13(12(14)5-2)9-7-6-8-10-13/h7,9,11H,4-6,8,10H2,1-3H3. The van der Waals surface area contributed by atoms with Crippen LogP contribution in [0, 0.1) is 11.3 Å². The number of carbonyl (C=O) groups excluding carboxylic acids is 1. The Kier molecular flexibility index (Phi) is 3.91. The van der Waals surface area contributed by atoms with Crippen LogP contribution in [-0.2, 0) is 4.79 Å². The van der Waals surface area contributed by atoms with E-state index in [1.54, 1.807) is 0 Å². The number of hydrogen-bond donors (Lipinski definition) is 0. The van der Waals surface area contributed by atoms with Crippen molar-refractivity contribution in [2.24, 2.45) is 11.3 Å². The Balaban J connectivity index is 2.94. The Morgan fingerprint density at radius 3 is 2.64 bits per heavy atom. The van der Waals surface area contributed by atoms with E-state index in [-0.39, 0.29) is 5.41 Å². The molecule has 1 aliphatic rings. The van der Waals surface area contributed by atoms with Crippen LogP contribution in [-0.4, -0.2) is 5.78 Å². The van der Waals surface area contributed by atoms with Crippen molar-refractivity contribution in [3.8, 4) is 0 Å². The number of allylic oxidation sites excluding steroid dienone is 2. The Morgan fingerprint density at radius 2 is 2.21 bits per heavy atom. The summed E-state index contributed by atoms with van der Waals surface area (Å²) in [5.74, 6) is 0.925. The van der Waals surface area contributed by atoms with Crippen LogP contribution >= 0.6 is 0 Å². The van der Waals surface area contributed by atoms with Gasteiger partial charge in [-0.05, 0) is 25.2 Å². The summed E-state index contributed by atoms with van der Waals surface area (Å²) in [5, 5.41) is 0. The number of carbonyl (C=O) groups is 1. The molecule has 2 atom stereocenters. The lowest BCUT2D eigenvalue weighted by Crippen LogP contribution is -2.36. The van der Waals surface area contributed by atoms with E-state index in [1.807, 2.05) is 6.92 Å². The summed E-state index contributed by atoms with van der Waals surface area (Å²) < 4.78 is 0. The van der Waals surface area contributed by atoms with Crippen LogP contribution in [0.1, 0.15) is 52.9 Å². The van der Waals surface area contributed by atoms with Crippen molar-refractivity contribution in [2.45, 2.75) is 52.9 Å². The van der Waals surface area contributed by atoms with Gasteiger partial charge in [0, 0.05) is 11.8 Å². The highest BCUT2D eigenvalue weighted by Gasteiger charge is 2.39. The molecule has 0 aromatic rings. The zero-order chi connectivity index (χ0) is 10.6. The number of ketones is 1. The third-order valence-corrected chi connectivity index (χ3v) is 3.71. The molecule has 1 heteroatoms. The van der Waals surface area contributed by atoms with Gasteiger partial charge in [0.15, 0.2) is 0 Å². The molecule has 0 saturated heterocycles. The fourth-order valence-electron chi connectivity index (χ4n) is 2.50. The van der Waals surface area contributed by atoms with Gasteiger partial charge in [-0.15, -0.1) is 0 Å². The van der Waals surface area contributed by atoms with Gasteiger partial charge in [0.05, 0.1) is 0 Å². The van der Waals surface area contributed by atoms with Crippen molar-refractivity contribution in [3.05, 3.63) is 12.2 Å². The van der Waals surface area contributed by atoms with Crippen molar-refractivity contribution >= 4 is 5.78 Å². The highest BCUT2D eigenvalue weighted by atomic mass is 16.1. The second kappa shape index (κ2) is 4.77. The van der Waals surface area contributed by atoms with E-state index in [1.165, 1.54) is 6.42 Å². The summed E-state index contributed by atoms with van der Waals surface area (Å²) in [6, 6.07) is 0. The van der Waals surface area contributed by atoms with Crippen molar-refractivity contribution < 1.29 is 4.79 Å². The normalized spacial score (nSPS) is 28.8. The smallest absolute Gasteiger partial charge is 0.142 e. The first-order valence-corrected chi connectivity index (χ1v) is 5.88. The van der Waals surface area contributed by atoms with Gasteiger partial charge in [0.25, 0.3) is 0 Å². The van der Waals surface area contributed by atoms with Crippen LogP contribution < -0.4 is 0 Å². The van der Waals surface area contributed by atoms with E-state index in [0.29, 0.717) is 18.1 Å². The van der Waals surface area contributed by atoms with Crippen molar-refractivity contribution in [3.63, 3.8) is 0 Å². The second-order valence-corrected chi connectivity index (χ2v) is 4.42. The van der Waals surface area contributed by atoms with Crippen molar-refractivity contribution in [1.29, 1.82) is 0 Å². The summed E-state index contributed by atoms with van der Waals surface area (Å²) in [6.07, 6.45) is 9.54. The lowest BCUT2D eigenvalue weighted by molar-refractivity contribution is -0.129. The lowest BCUT2D eigenvalue weighted by atomic mass is 9.66. The first-order chi connectivity index (χ1) is 6.67.